The molecule has 29 heavy (non-hydrogen) atoms. The topological polar surface area (TPSA) is 67.9 Å². The average Bonchev–Trinajstić information content (AvgIpc) is 3.11. The second-order valence-electron chi connectivity index (χ2n) is 6.80. The molecule has 0 saturated carbocycles. The van der Waals surface area contributed by atoms with Gasteiger partial charge in [0.25, 0.3) is 11.8 Å². The normalized spacial score (nSPS) is 14.8. The zero-order valence-corrected chi connectivity index (χ0v) is 17.6. The molecule has 1 aliphatic rings. The first-order valence-electron chi connectivity index (χ1n) is 9.70. The van der Waals surface area contributed by atoms with Gasteiger partial charge in [-0.1, -0.05) is 18.9 Å². The second kappa shape index (κ2) is 10.1. The van der Waals surface area contributed by atoms with E-state index in [9.17, 15) is 9.59 Å². The first-order chi connectivity index (χ1) is 14.1. The Labute approximate surface area is 175 Å². The van der Waals surface area contributed by atoms with Crippen LogP contribution in [0.25, 0.3) is 6.08 Å². The van der Waals surface area contributed by atoms with Crippen LogP contribution in [0.2, 0.25) is 0 Å². The Morgan fingerprint density at radius 2 is 1.76 bits per heavy atom. The van der Waals surface area contributed by atoms with Crippen LogP contribution in [0.3, 0.4) is 0 Å². The molecule has 0 bridgehead atoms. The van der Waals surface area contributed by atoms with Crippen LogP contribution < -0.4 is 14.8 Å². The zero-order chi connectivity index (χ0) is 20.6. The average molecular weight is 415 g/mol. The standard InChI is InChI=1S/C22H26N2O4S/c1-27-19-10-9-16(14-20(19)28-2)21(25)23-18(15-17-8-7-13-29-17)22(26)24-11-5-3-4-6-12-24/h7-10,13-15H,3-6,11-12H2,1-2H3,(H,23,25)/b18-15-. The number of nitrogens with zero attached hydrogens (tertiary/aromatic N) is 1. The van der Waals surface area contributed by atoms with Gasteiger partial charge in [-0.3, -0.25) is 9.59 Å². The van der Waals surface area contributed by atoms with E-state index in [0.29, 0.717) is 30.2 Å². The predicted octanol–water partition coefficient (Wildman–Crippen LogP) is 3.94. The number of carbonyl (C=O) groups excluding carboxylic acids is 2. The van der Waals surface area contributed by atoms with E-state index >= 15 is 0 Å². The lowest BCUT2D eigenvalue weighted by Gasteiger charge is -2.22. The molecule has 1 fully saturated rings. The van der Waals surface area contributed by atoms with Gasteiger partial charge in [0.05, 0.1) is 14.2 Å². The lowest BCUT2D eigenvalue weighted by atomic mass is 10.1. The molecule has 0 spiro atoms. The summed E-state index contributed by atoms with van der Waals surface area (Å²) in [5.41, 5.74) is 0.678. The molecule has 1 saturated heterocycles. The summed E-state index contributed by atoms with van der Waals surface area (Å²) in [6, 6.07) is 8.76. The summed E-state index contributed by atoms with van der Waals surface area (Å²) in [7, 11) is 3.06. The van der Waals surface area contributed by atoms with Crippen LogP contribution in [-0.2, 0) is 4.79 Å². The number of thiophene rings is 1. The maximum atomic E-state index is 13.2. The molecule has 2 aromatic rings. The molecule has 0 aliphatic carbocycles. The van der Waals surface area contributed by atoms with Crippen LogP contribution >= 0.6 is 11.3 Å². The molecule has 7 heteroatoms. The van der Waals surface area contributed by atoms with Gasteiger partial charge in [0.15, 0.2) is 11.5 Å². The molecule has 0 atom stereocenters. The fourth-order valence-electron chi connectivity index (χ4n) is 3.28. The Hall–Kier alpha value is -2.80. The number of methoxy groups -OCH3 is 2. The molecule has 1 N–H and O–H groups in total. The molecule has 1 aromatic carbocycles. The summed E-state index contributed by atoms with van der Waals surface area (Å²) < 4.78 is 10.5. The summed E-state index contributed by atoms with van der Waals surface area (Å²) in [5.74, 6) is 0.493. The molecule has 6 nitrogen and oxygen atoms in total. The summed E-state index contributed by atoms with van der Waals surface area (Å²) in [6.45, 7) is 1.43. The molecule has 1 aliphatic heterocycles. The van der Waals surface area contributed by atoms with Crippen molar-refractivity contribution in [3.8, 4) is 11.5 Å². The van der Waals surface area contributed by atoms with Crippen molar-refractivity contribution in [2.24, 2.45) is 0 Å². The number of likely N-dealkylation sites (tertiary alicyclic amines) is 1. The van der Waals surface area contributed by atoms with Crippen molar-refractivity contribution < 1.29 is 19.1 Å². The SMILES string of the molecule is COc1ccc(C(=O)N/C(=C\c2cccs2)C(=O)N2CCCCCC2)cc1OC. The molecule has 2 amide bonds. The summed E-state index contributed by atoms with van der Waals surface area (Å²) in [4.78, 5) is 28.8. The summed E-state index contributed by atoms with van der Waals surface area (Å²) in [5, 5.41) is 4.76. The number of ether oxygens (including phenoxy) is 2. The predicted molar refractivity (Wildman–Crippen MR) is 114 cm³/mol. The highest BCUT2D eigenvalue weighted by molar-refractivity contribution is 7.10. The van der Waals surface area contributed by atoms with E-state index in [1.165, 1.54) is 18.4 Å². The van der Waals surface area contributed by atoms with Gasteiger partial charge >= 0.3 is 0 Å². The highest BCUT2D eigenvalue weighted by Crippen LogP contribution is 2.27. The van der Waals surface area contributed by atoms with Gasteiger partial charge in [0.1, 0.15) is 5.70 Å². The summed E-state index contributed by atoms with van der Waals surface area (Å²) >= 11 is 1.52. The third-order valence-electron chi connectivity index (χ3n) is 4.85. The van der Waals surface area contributed by atoms with E-state index < -0.39 is 0 Å². The van der Waals surface area contributed by atoms with Crippen molar-refractivity contribution in [1.82, 2.24) is 10.2 Å². The molecule has 0 unspecified atom stereocenters. The van der Waals surface area contributed by atoms with Gasteiger partial charge in [0.2, 0.25) is 0 Å². The van der Waals surface area contributed by atoms with Crippen molar-refractivity contribution in [1.29, 1.82) is 0 Å². The molecule has 1 aromatic heterocycles. The van der Waals surface area contributed by atoms with E-state index in [1.54, 1.807) is 31.4 Å². The third-order valence-corrected chi connectivity index (χ3v) is 5.67. The Balaban J connectivity index is 1.85. The Morgan fingerprint density at radius 1 is 1.03 bits per heavy atom. The fourth-order valence-corrected chi connectivity index (χ4v) is 3.94. The van der Waals surface area contributed by atoms with E-state index in [2.05, 4.69) is 5.32 Å². The van der Waals surface area contributed by atoms with Crippen molar-refractivity contribution in [2.75, 3.05) is 27.3 Å². The molecule has 2 heterocycles. The second-order valence-corrected chi connectivity index (χ2v) is 7.78. The van der Waals surface area contributed by atoms with Crippen molar-refractivity contribution in [3.05, 3.63) is 51.8 Å². The minimum Gasteiger partial charge on any atom is -0.493 e. The smallest absolute Gasteiger partial charge is 0.270 e. The van der Waals surface area contributed by atoms with Gasteiger partial charge in [-0.15, -0.1) is 11.3 Å². The lowest BCUT2D eigenvalue weighted by Crippen LogP contribution is -2.38. The lowest BCUT2D eigenvalue weighted by molar-refractivity contribution is -0.127. The molecule has 154 valence electrons. The molecular formula is C22H26N2O4S. The third kappa shape index (κ3) is 5.38. The van der Waals surface area contributed by atoms with Crippen LogP contribution in [0.4, 0.5) is 0 Å². The number of hydrogen-bond donors (Lipinski definition) is 1. The zero-order valence-electron chi connectivity index (χ0n) is 16.8. The molecule has 3 rings (SSSR count). The molecule has 0 radical (unpaired) electrons. The number of carbonyl (C=O) groups is 2. The van der Waals surface area contributed by atoms with E-state index in [1.807, 2.05) is 22.4 Å². The number of hydrogen-bond acceptors (Lipinski definition) is 5. The number of benzene rings is 1. The largest absolute Gasteiger partial charge is 0.493 e. The van der Waals surface area contributed by atoms with Crippen LogP contribution in [-0.4, -0.2) is 44.0 Å². The van der Waals surface area contributed by atoms with Crippen molar-refractivity contribution in [2.45, 2.75) is 25.7 Å². The Kier molecular flexibility index (Phi) is 7.30. The highest BCUT2D eigenvalue weighted by Gasteiger charge is 2.22. The van der Waals surface area contributed by atoms with Crippen molar-refractivity contribution >= 4 is 29.2 Å². The highest BCUT2D eigenvalue weighted by atomic mass is 32.1. The van der Waals surface area contributed by atoms with Gasteiger partial charge in [-0.2, -0.15) is 0 Å². The number of amides is 2. The summed E-state index contributed by atoms with van der Waals surface area (Å²) in [6.07, 6.45) is 5.98. The molecular weight excluding hydrogens is 388 g/mol. The Morgan fingerprint density at radius 3 is 2.38 bits per heavy atom. The van der Waals surface area contributed by atoms with E-state index in [-0.39, 0.29) is 17.5 Å². The maximum Gasteiger partial charge on any atom is 0.270 e. The number of nitrogens with one attached hydrogen (secondary N) is 1. The minimum atomic E-state index is -0.364. The quantitative estimate of drug-likeness (QED) is 0.727. The first-order valence-corrected chi connectivity index (χ1v) is 10.6. The fraction of sp³-hybridized carbons (Fsp3) is 0.364. The minimum absolute atomic E-state index is 0.144. The Bertz CT molecular complexity index is 869. The van der Waals surface area contributed by atoms with Gasteiger partial charge in [-0.25, -0.2) is 0 Å². The number of rotatable bonds is 6. The van der Waals surface area contributed by atoms with E-state index in [4.69, 9.17) is 9.47 Å². The maximum absolute atomic E-state index is 13.2. The van der Waals surface area contributed by atoms with Crippen LogP contribution in [0.1, 0.15) is 40.9 Å². The van der Waals surface area contributed by atoms with Crippen LogP contribution in [0, 0.1) is 0 Å². The van der Waals surface area contributed by atoms with Gasteiger partial charge in [-0.05, 0) is 48.6 Å². The van der Waals surface area contributed by atoms with Gasteiger partial charge < -0.3 is 19.7 Å². The van der Waals surface area contributed by atoms with Crippen molar-refractivity contribution in [3.63, 3.8) is 0 Å². The van der Waals surface area contributed by atoms with Crippen LogP contribution in [0.15, 0.2) is 41.4 Å². The van der Waals surface area contributed by atoms with Gasteiger partial charge in [0, 0.05) is 23.5 Å². The first kappa shape index (κ1) is 20.9. The monoisotopic (exact) mass is 414 g/mol. The van der Waals surface area contributed by atoms with Crippen LogP contribution in [0.5, 0.6) is 11.5 Å². The van der Waals surface area contributed by atoms with E-state index in [0.717, 1.165) is 30.6 Å².